The van der Waals surface area contributed by atoms with Gasteiger partial charge in [0.05, 0.1) is 5.02 Å². The maximum atomic E-state index is 12.3. The molecule has 0 bridgehead atoms. The van der Waals surface area contributed by atoms with E-state index in [0.29, 0.717) is 22.0 Å². The molecule has 1 aromatic heterocycles. The summed E-state index contributed by atoms with van der Waals surface area (Å²) in [6, 6.07) is 6.98. The van der Waals surface area contributed by atoms with Gasteiger partial charge in [0.25, 0.3) is 0 Å². The number of ether oxygens (including phenoxy) is 1. The van der Waals surface area contributed by atoms with Gasteiger partial charge in [0.15, 0.2) is 12.4 Å². The van der Waals surface area contributed by atoms with Gasteiger partial charge in [0, 0.05) is 11.0 Å². The average Bonchev–Trinajstić information content (AvgIpc) is 2.85. The van der Waals surface area contributed by atoms with Gasteiger partial charge in [-0.1, -0.05) is 55.7 Å². The molecule has 5 nitrogen and oxygen atoms in total. The van der Waals surface area contributed by atoms with Crippen LogP contribution in [0.1, 0.15) is 36.9 Å². The molecule has 1 aromatic carbocycles. The Labute approximate surface area is 139 Å². The summed E-state index contributed by atoms with van der Waals surface area (Å²) in [5.41, 5.74) is 0.483. The van der Waals surface area contributed by atoms with Gasteiger partial charge in [-0.25, -0.2) is 4.79 Å². The molecule has 0 aliphatic rings. The molecule has 0 amide bonds. The number of halogens is 1. The Hall–Kier alpha value is -2.14. The summed E-state index contributed by atoms with van der Waals surface area (Å²) in [7, 11) is 0. The molecule has 0 saturated carbocycles. The van der Waals surface area contributed by atoms with E-state index < -0.39 is 11.4 Å². The molecular formula is C17H18ClNO4. The van der Waals surface area contributed by atoms with E-state index >= 15 is 0 Å². The van der Waals surface area contributed by atoms with Crippen LogP contribution >= 0.6 is 11.6 Å². The van der Waals surface area contributed by atoms with Gasteiger partial charge >= 0.3 is 5.97 Å². The largest absolute Gasteiger partial charge is 0.454 e. The molecule has 0 unspecified atom stereocenters. The number of rotatable bonds is 4. The lowest BCUT2D eigenvalue weighted by molar-refractivity contribution is -0.129. The SMILES string of the molecule is Cc1onc(-c2ccccc2Cl)c1C(=O)OCC(=O)C(C)(C)C. The second-order valence-electron chi connectivity index (χ2n) is 6.19. The lowest BCUT2D eigenvalue weighted by Crippen LogP contribution is -2.26. The number of aryl methyl sites for hydroxylation is 1. The highest BCUT2D eigenvalue weighted by Crippen LogP contribution is 2.31. The van der Waals surface area contributed by atoms with Crippen molar-refractivity contribution in [3.8, 4) is 11.3 Å². The van der Waals surface area contributed by atoms with Crippen molar-refractivity contribution < 1.29 is 18.8 Å². The molecule has 122 valence electrons. The first-order chi connectivity index (χ1) is 10.7. The maximum absolute atomic E-state index is 12.3. The molecule has 0 saturated heterocycles. The van der Waals surface area contributed by atoms with Crippen molar-refractivity contribution in [3.05, 3.63) is 40.6 Å². The van der Waals surface area contributed by atoms with E-state index in [9.17, 15) is 9.59 Å². The zero-order valence-electron chi connectivity index (χ0n) is 13.5. The Morgan fingerprint density at radius 1 is 1.26 bits per heavy atom. The Morgan fingerprint density at radius 2 is 1.91 bits per heavy atom. The Kier molecular flexibility index (Phi) is 4.90. The second kappa shape index (κ2) is 6.54. The molecule has 2 aromatic rings. The molecule has 1 heterocycles. The molecule has 0 radical (unpaired) electrons. The third kappa shape index (κ3) is 3.79. The van der Waals surface area contributed by atoms with Crippen LogP contribution in [0.5, 0.6) is 0 Å². The number of hydrogen-bond acceptors (Lipinski definition) is 5. The second-order valence-corrected chi connectivity index (χ2v) is 6.60. The molecule has 0 atom stereocenters. The van der Waals surface area contributed by atoms with Crippen molar-refractivity contribution in [3.63, 3.8) is 0 Å². The monoisotopic (exact) mass is 335 g/mol. The smallest absolute Gasteiger partial charge is 0.344 e. The maximum Gasteiger partial charge on any atom is 0.344 e. The summed E-state index contributed by atoms with van der Waals surface area (Å²) in [6.07, 6.45) is 0. The van der Waals surface area contributed by atoms with Crippen LogP contribution in [-0.2, 0) is 9.53 Å². The van der Waals surface area contributed by atoms with Crippen molar-refractivity contribution in [1.82, 2.24) is 5.16 Å². The first kappa shape index (κ1) is 17.2. The Morgan fingerprint density at radius 3 is 2.52 bits per heavy atom. The number of nitrogens with zero attached hydrogens (tertiary/aromatic N) is 1. The van der Waals surface area contributed by atoms with E-state index in [1.54, 1.807) is 52.0 Å². The fourth-order valence-electron chi connectivity index (χ4n) is 1.87. The number of esters is 1. The lowest BCUT2D eigenvalue weighted by atomic mass is 9.91. The van der Waals surface area contributed by atoms with E-state index in [4.69, 9.17) is 20.9 Å². The first-order valence-corrected chi connectivity index (χ1v) is 7.51. The fourth-order valence-corrected chi connectivity index (χ4v) is 2.09. The van der Waals surface area contributed by atoms with Crippen molar-refractivity contribution in [2.45, 2.75) is 27.7 Å². The molecule has 0 N–H and O–H groups in total. The topological polar surface area (TPSA) is 69.4 Å². The molecule has 23 heavy (non-hydrogen) atoms. The molecule has 6 heteroatoms. The van der Waals surface area contributed by atoms with Crippen LogP contribution < -0.4 is 0 Å². The van der Waals surface area contributed by atoms with Crippen molar-refractivity contribution in [1.29, 1.82) is 0 Å². The zero-order valence-corrected chi connectivity index (χ0v) is 14.2. The molecule has 0 aliphatic carbocycles. The van der Waals surface area contributed by atoms with Gasteiger partial charge in [0.1, 0.15) is 17.0 Å². The number of carbonyl (C=O) groups excluding carboxylic acids is 2. The third-order valence-electron chi connectivity index (χ3n) is 3.37. The summed E-state index contributed by atoms with van der Waals surface area (Å²) < 4.78 is 10.2. The van der Waals surface area contributed by atoms with Crippen LogP contribution in [0.3, 0.4) is 0 Å². The summed E-state index contributed by atoms with van der Waals surface area (Å²) in [5, 5.41) is 4.34. The lowest BCUT2D eigenvalue weighted by Gasteiger charge is -2.16. The minimum Gasteiger partial charge on any atom is -0.454 e. The van der Waals surface area contributed by atoms with Crippen LogP contribution in [0.25, 0.3) is 11.3 Å². The van der Waals surface area contributed by atoms with Crippen LogP contribution in [-0.4, -0.2) is 23.5 Å². The Bertz CT molecular complexity index is 743. The van der Waals surface area contributed by atoms with Crippen molar-refractivity contribution in [2.75, 3.05) is 6.61 Å². The van der Waals surface area contributed by atoms with Gasteiger partial charge in [-0.15, -0.1) is 0 Å². The van der Waals surface area contributed by atoms with Crippen LogP contribution in [0, 0.1) is 12.3 Å². The number of benzene rings is 1. The molecular weight excluding hydrogens is 318 g/mol. The Balaban J connectivity index is 2.27. The minimum atomic E-state index is -0.656. The number of hydrogen-bond donors (Lipinski definition) is 0. The van der Waals surface area contributed by atoms with E-state index in [-0.39, 0.29) is 18.0 Å². The predicted octanol–water partition coefficient (Wildman–Crippen LogP) is 4.08. The summed E-state index contributed by atoms with van der Waals surface area (Å²) >= 11 is 6.14. The predicted molar refractivity (Wildman–Crippen MR) is 86.4 cm³/mol. The highest BCUT2D eigenvalue weighted by Gasteiger charge is 2.27. The number of ketones is 1. The average molecular weight is 336 g/mol. The van der Waals surface area contributed by atoms with Crippen LogP contribution in [0.4, 0.5) is 0 Å². The highest BCUT2D eigenvalue weighted by atomic mass is 35.5. The van der Waals surface area contributed by atoms with Gasteiger partial charge in [-0.05, 0) is 13.0 Å². The number of aromatic nitrogens is 1. The highest BCUT2D eigenvalue weighted by molar-refractivity contribution is 6.33. The standard InChI is InChI=1S/C17H18ClNO4/c1-10-14(16(21)22-9-13(20)17(2,3)4)15(19-23-10)11-7-5-6-8-12(11)18/h5-8H,9H2,1-4H3. The van der Waals surface area contributed by atoms with Gasteiger partial charge in [-0.3, -0.25) is 4.79 Å². The van der Waals surface area contributed by atoms with Crippen LogP contribution in [0.2, 0.25) is 5.02 Å². The van der Waals surface area contributed by atoms with Crippen molar-refractivity contribution >= 4 is 23.4 Å². The van der Waals surface area contributed by atoms with Gasteiger partial charge < -0.3 is 9.26 Å². The number of Topliss-reactive ketones (excluding diaryl/α,β-unsaturated/α-hetero) is 1. The number of carbonyl (C=O) groups is 2. The summed E-state index contributed by atoms with van der Waals surface area (Å²) in [5.74, 6) is -0.511. The zero-order chi connectivity index (χ0) is 17.2. The van der Waals surface area contributed by atoms with E-state index in [1.165, 1.54) is 0 Å². The van der Waals surface area contributed by atoms with E-state index in [0.717, 1.165) is 0 Å². The molecule has 0 fully saturated rings. The first-order valence-electron chi connectivity index (χ1n) is 7.13. The fraction of sp³-hybridized carbons (Fsp3) is 0.353. The molecule has 0 spiro atoms. The van der Waals surface area contributed by atoms with Gasteiger partial charge in [0.2, 0.25) is 0 Å². The normalized spacial score (nSPS) is 11.3. The van der Waals surface area contributed by atoms with Gasteiger partial charge in [-0.2, -0.15) is 0 Å². The molecule has 0 aliphatic heterocycles. The van der Waals surface area contributed by atoms with Crippen molar-refractivity contribution in [2.24, 2.45) is 5.41 Å². The van der Waals surface area contributed by atoms with E-state index in [1.807, 2.05) is 0 Å². The summed E-state index contributed by atoms with van der Waals surface area (Å²) in [6.45, 7) is 6.61. The molecule has 2 rings (SSSR count). The minimum absolute atomic E-state index is 0.167. The summed E-state index contributed by atoms with van der Waals surface area (Å²) in [4.78, 5) is 24.2. The van der Waals surface area contributed by atoms with E-state index in [2.05, 4.69) is 5.16 Å². The third-order valence-corrected chi connectivity index (χ3v) is 3.70. The van der Waals surface area contributed by atoms with Crippen LogP contribution in [0.15, 0.2) is 28.8 Å². The quantitative estimate of drug-likeness (QED) is 0.787.